The highest BCUT2D eigenvalue weighted by molar-refractivity contribution is 5.98. The molecule has 2 nitrogen and oxygen atoms in total. The SMILES string of the molecule is C/C(=N/O)c1cccc(C)c1.CC. The van der Waals surface area contributed by atoms with Crippen LogP contribution in [-0.2, 0) is 0 Å². The molecule has 1 N–H and O–H groups in total. The van der Waals surface area contributed by atoms with Crippen molar-refractivity contribution in [3.63, 3.8) is 0 Å². The van der Waals surface area contributed by atoms with Crippen LogP contribution in [0.15, 0.2) is 29.4 Å². The van der Waals surface area contributed by atoms with E-state index < -0.39 is 0 Å². The van der Waals surface area contributed by atoms with Crippen molar-refractivity contribution in [2.75, 3.05) is 0 Å². The Morgan fingerprint density at radius 3 is 2.38 bits per heavy atom. The second-order valence-corrected chi connectivity index (χ2v) is 2.55. The molecule has 13 heavy (non-hydrogen) atoms. The van der Waals surface area contributed by atoms with E-state index in [0.717, 1.165) is 5.56 Å². The molecule has 0 atom stereocenters. The Bertz CT molecular complexity index is 279. The van der Waals surface area contributed by atoms with Crippen LogP contribution in [0.5, 0.6) is 0 Å². The van der Waals surface area contributed by atoms with Crippen LogP contribution in [0.1, 0.15) is 31.9 Å². The van der Waals surface area contributed by atoms with Gasteiger partial charge in [-0.1, -0.05) is 48.8 Å². The monoisotopic (exact) mass is 179 g/mol. The molecule has 0 saturated carbocycles. The van der Waals surface area contributed by atoms with E-state index >= 15 is 0 Å². The van der Waals surface area contributed by atoms with Crippen molar-refractivity contribution in [3.05, 3.63) is 35.4 Å². The molecule has 0 fully saturated rings. The lowest BCUT2D eigenvalue weighted by Gasteiger charge is -1.98. The zero-order valence-corrected chi connectivity index (χ0v) is 8.70. The fourth-order valence-electron chi connectivity index (χ4n) is 0.928. The van der Waals surface area contributed by atoms with Crippen LogP contribution in [0.2, 0.25) is 0 Å². The van der Waals surface area contributed by atoms with Crippen LogP contribution in [0.25, 0.3) is 0 Å². The van der Waals surface area contributed by atoms with Crippen molar-refractivity contribution < 1.29 is 5.21 Å². The number of hydrogen-bond acceptors (Lipinski definition) is 2. The smallest absolute Gasteiger partial charge is 0.0837 e. The molecule has 0 spiro atoms. The van der Waals surface area contributed by atoms with Gasteiger partial charge in [0.15, 0.2) is 0 Å². The maximum atomic E-state index is 8.47. The molecule has 0 aliphatic heterocycles. The molecule has 0 saturated heterocycles. The van der Waals surface area contributed by atoms with Gasteiger partial charge in [-0.3, -0.25) is 0 Å². The minimum Gasteiger partial charge on any atom is -0.411 e. The van der Waals surface area contributed by atoms with Gasteiger partial charge in [-0.2, -0.15) is 0 Å². The highest BCUT2D eigenvalue weighted by Gasteiger charge is 1.95. The standard InChI is InChI=1S/C9H11NO.C2H6/c1-7-4-3-5-9(6-7)8(2)10-11;1-2/h3-6,11H,1-2H3;1-2H3/b10-8-;. The maximum absolute atomic E-state index is 8.47. The lowest BCUT2D eigenvalue weighted by atomic mass is 10.1. The summed E-state index contributed by atoms with van der Waals surface area (Å²) in [5.74, 6) is 0. The van der Waals surface area contributed by atoms with Gasteiger partial charge in [0.05, 0.1) is 5.71 Å². The van der Waals surface area contributed by atoms with Crippen molar-refractivity contribution in [2.45, 2.75) is 27.7 Å². The van der Waals surface area contributed by atoms with E-state index in [4.69, 9.17) is 5.21 Å². The third-order valence-corrected chi connectivity index (χ3v) is 1.59. The fraction of sp³-hybridized carbons (Fsp3) is 0.364. The molecule has 0 radical (unpaired) electrons. The zero-order chi connectivity index (χ0) is 10.3. The Hall–Kier alpha value is -1.31. The molecule has 2 heteroatoms. The molecule has 0 aliphatic carbocycles. The maximum Gasteiger partial charge on any atom is 0.0837 e. The number of aryl methyl sites for hydroxylation is 1. The average Bonchev–Trinajstić information content (AvgIpc) is 2.20. The van der Waals surface area contributed by atoms with Crippen LogP contribution in [0.4, 0.5) is 0 Å². The molecule has 0 bridgehead atoms. The molecule has 1 aromatic carbocycles. The summed E-state index contributed by atoms with van der Waals surface area (Å²) < 4.78 is 0. The summed E-state index contributed by atoms with van der Waals surface area (Å²) in [6.07, 6.45) is 0. The number of rotatable bonds is 1. The Labute approximate surface area is 79.9 Å². The van der Waals surface area contributed by atoms with E-state index in [-0.39, 0.29) is 0 Å². The highest BCUT2D eigenvalue weighted by atomic mass is 16.4. The number of oxime groups is 1. The molecule has 0 unspecified atom stereocenters. The average molecular weight is 179 g/mol. The third-order valence-electron chi connectivity index (χ3n) is 1.59. The fourth-order valence-corrected chi connectivity index (χ4v) is 0.928. The topological polar surface area (TPSA) is 32.6 Å². The molecule has 72 valence electrons. The number of nitrogens with zero attached hydrogens (tertiary/aromatic N) is 1. The summed E-state index contributed by atoms with van der Waals surface area (Å²) in [5.41, 5.74) is 2.78. The van der Waals surface area contributed by atoms with Crippen LogP contribution in [0.3, 0.4) is 0 Å². The molecule has 0 heterocycles. The van der Waals surface area contributed by atoms with Crippen LogP contribution < -0.4 is 0 Å². The van der Waals surface area contributed by atoms with E-state index in [1.807, 2.05) is 45.0 Å². The predicted molar refractivity (Wildman–Crippen MR) is 56.5 cm³/mol. The first kappa shape index (κ1) is 11.7. The molecule has 0 amide bonds. The Morgan fingerprint density at radius 1 is 1.31 bits per heavy atom. The van der Waals surface area contributed by atoms with E-state index in [1.165, 1.54) is 5.56 Å². The van der Waals surface area contributed by atoms with Gasteiger partial charge < -0.3 is 5.21 Å². The summed E-state index contributed by atoms with van der Waals surface area (Å²) in [6.45, 7) is 7.78. The van der Waals surface area contributed by atoms with Gasteiger partial charge in [0, 0.05) is 0 Å². The van der Waals surface area contributed by atoms with E-state index in [2.05, 4.69) is 5.16 Å². The van der Waals surface area contributed by atoms with Gasteiger partial charge in [-0.05, 0) is 19.4 Å². The van der Waals surface area contributed by atoms with E-state index in [1.54, 1.807) is 6.92 Å². The van der Waals surface area contributed by atoms with Gasteiger partial charge in [0.2, 0.25) is 0 Å². The quantitative estimate of drug-likeness (QED) is 0.400. The lowest BCUT2D eigenvalue weighted by Crippen LogP contribution is -1.93. The van der Waals surface area contributed by atoms with E-state index in [0.29, 0.717) is 5.71 Å². The van der Waals surface area contributed by atoms with Gasteiger partial charge in [-0.15, -0.1) is 0 Å². The van der Waals surface area contributed by atoms with E-state index in [9.17, 15) is 0 Å². The lowest BCUT2D eigenvalue weighted by molar-refractivity contribution is 0.319. The summed E-state index contributed by atoms with van der Waals surface area (Å²) in [5, 5.41) is 11.6. The Kier molecular flexibility index (Phi) is 5.60. The first-order valence-corrected chi connectivity index (χ1v) is 4.49. The predicted octanol–water partition coefficient (Wildman–Crippen LogP) is 3.22. The second kappa shape index (κ2) is 6.23. The molecule has 1 aromatic rings. The van der Waals surface area contributed by atoms with Crippen molar-refractivity contribution in [3.8, 4) is 0 Å². The molecular weight excluding hydrogens is 162 g/mol. The van der Waals surface area contributed by atoms with Crippen LogP contribution in [-0.4, -0.2) is 10.9 Å². The molecule has 0 aliphatic rings. The summed E-state index contributed by atoms with van der Waals surface area (Å²) in [7, 11) is 0. The van der Waals surface area contributed by atoms with Gasteiger partial charge in [-0.25, -0.2) is 0 Å². The summed E-state index contributed by atoms with van der Waals surface area (Å²) in [6, 6.07) is 7.85. The third kappa shape index (κ3) is 3.74. The minimum absolute atomic E-state index is 0.647. The van der Waals surface area contributed by atoms with Crippen molar-refractivity contribution >= 4 is 5.71 Å². The van der Waals surface area contributed by atoms with Gasteiger partial charge >= 0.3 is 0 Å². The summed E-state index contributed by atoms with van der Waals surface area (Å²) >= 11 is 0. The molecule has 0 aromatic heterocycles. The zero-order valence-electron chi connectivity index (χ0n) is 8.70. The number of hydrogen-bond donors (Lipinski definition) is 1. The van der Waals surface area contributed by atoms with Crippen molar-refractivity contribution in [1.82, 2.24) is 0 Å². The van der Waals surface area contributed by atoms with Gasteiger partial charge in [0.1, 0.15) is 0 Å². The first-order chi connectivity index (χ1) is 6.24. The largest absolute Gasteiger partial charge is 0.411 e. The molecular formula is C11H17NO. The second-order valence-electron chi connectivity index (χ2n) is 2.55. The Morgan fingerprint density at radius 2 is 1.92 bits per heavy atom. The van der Waals surface area contributed by atoms with Crippen molar-refractivity contribution in [2.24, 2.45) is 5.16 Å². The van der Waals surface area contributed by atoms with Crippen LogP contribution in [0, 0.1) is 6.92 Å². The number of benzene rings is 1. The normalized spacial score (nSPS) is 10.3. The summed E-state index contributed by atoms with van der Waals surface area (Å²) in [4.78, 5) is 0. The van der Waals surface area contributed by atoms with Crippen molar-refractivity contribution in [1.29, 1.82) is 0 Å². The van der Waals surface area contributed by atoms with Gasteiger partial charge in [0.25, 0.3) is 0 Å². The highest BCUT2D eigenvalue weighted by Crippen LogP contribution is 2.04. The molecule has 1 rings (SSSR count). The Balaban J connectivity index is 0.000000671. The minimum atomic E-state index is 0.647. The first-order valence-electron chi connectivity index (χ1n) is 4.49. The van der Waals surface area contributed by atoms with Crippen LogP contribution >= 0.6 is 0 Å².